The van der Waals surface area contributed by atoms with Gasteiger partial charge in [0.15, 0.2) is 0 Å². The molecule has 6 heteroatoms. The number of nitrogens with zero attached hydrogens (tertiary/aromatic N) is 2. The number of rotatable bonds is 3. The molecule has 6 nitrogen and oxygen atoms in total. The van der Waals surface area contributed by atoms with E-state index in [0.29, 0.717) is 12.4 Å². The van der Waals surface area contributed by atoms with E-state index >= 15 is 0 Å². The largest absolute Gasteiger partial charge is 0.349 e. The number of carbonyl (C=O) groups is 1. The first-order chi connectivity index (χ1) is 8.09. The summed E-state index contributed by atoms with van der Waals surface area (Å²) in [6, 6.07) is 0. The summed E-state index contributed by atoms with van der Waals surface area (Å²) >= 11 is 0. The van der Waals surface area contributed by atoms with Gasteiger partial charge in [-0.05, 0) is 24.8 Å². The molecule has 0 saturated carbocycles. The Morgan fingerprint density at radius 1 is 1.65 bits per heavy atom. The van der Waals surface area contributed by atoms with E-state index in [1.165, 1.54) is 0 Å². The molecule has 1 unspecified atom stereocenters. The van der Waals surface area contributed by atoms with Gasteiger partial charge in [-0.3, -0.25) is 4.79 Å². The van der Waals surface area contributed by atoms with Gasteiger partial charge in [-0.2, -0.15) is 4.98 Å². The molecule has 1 aliphatic rings. The summed E-state index contributed by atoms with van der Waals surface area (Å²) in [4.78, 5) is 15.6. The standard InChI is InChI=1S/C11H18N4O2/c1-8-14-9(15-17-8)10(16)13-7-11(2)4-3-5-12-6-11/h12H,3-7H2,1-2H3,(H,13,16). The van der Waals surface area contributed by atoms with Crippen LogP contribution in [0, 0.1) is 12.3 Å². The van der Waals surface area contributed by atoms with E-state index in [4.69, 9.17) is 4.52 Å². The zero-order valence-corrected chi connectivity index (χ0v) is 10.2. The van der Waals surface area contributed by atoms with Crippen molar-refractivity contribution in [2.24, 2.45) is 5.41 Å². The Labute approximate surface area is 100 Å². The van der Waals surface area contributed by atoms with Crippen LogP contribution >= 0.6 is 0 Å². The molecule has 1 fully saturated rings. The number of amides is 1. The monoisotopic (exact) mass is 238 g/mol. The molecule has 2 heterocycles. The maximum absolute atomic E-state index is 11.7. The number of aromatic nitrogens is 2. The van der Waals surface area contributed by atoms with Crippen molar-refractivity contribution in [1.29, 1.82) is 0 Å². The molecular weight excluding hydrogens is 220 g/mol. The third-order valence-corrected chi connectivity index (χ3v) is 3.09. The maximum atomic E-state index is 11.7. The van der Waals surface area contributed by atoms with Crippen LogP contribution in [0.15, 0.2) is 4.52 Å². The Morgan fingerprint density at radius 2 is 2.47 bits per heavy atom. The number of piperidine rings is 1. The third kappa shape index (κ3) is 3.03. The van der Waals surface area contributed by atoms with Crippen molar-refractivity contribution in [2.75, 3.05) is 19.6 Å². The van der Waals surface area contributed by atoms with Crippen molar-refractivity contribution in [3.05, 3.63) is 11.7 Å². The van der Waals surface area contributed by atoms with E-state index < -0.39 is 0 Å². The SMILES string of the molecule is Cc1nc(C(=O)NCC2(C)CCCNC2)no1. The summed E-state index contributed by atoms with van der Waals surface area (Å²) in [6.07, 6.45) is 2.26. The summed E-state index contributed by atoms with van der Waals surface area (Å²) in [6.45, 7) is 6.45. The van der Waals surface area contributed by atoms with Crippen LogP contribution in [0.5, 0.6) is 0 Å². The fourth-order valence-electron chi connectivity index (χ4n) is 2.03. The van der Waals surface area contributed by atoms with Gasteiger partial charge < -0.3 is 15.2 Å². The van der Waals surface area contributed by atoms with Crippen LogP contribution in [0.2, 0.25) is 0 Å². The second-order valence-electron chi connectivity index (χ2n) is 4.91. The van der Waals surface area contributed by atoms with Crippen molar-refractivity contribution in [3.63, 3.8) is 0 Å². The van der Waals surface area contributed by atoms with Crippen LogP contribution in [0.1, 0.15) is 36.3 Å². The molecule has 0 spiro atoms. The van der Waals surface area contributed by atoms with Gasteiger partial charge in [0.2, 0.25) is 5.89 Å². The lowest BCUT2D eigenvalue weighted by molar-refractivity contribution is 0.0911. The molecule has 0 bridgehead atoms. The van der Waals surface area contributed by atoms with Crippen molar-refractivity contribution >= 4 is 5.91 Å². The Bertz CT molecular complexity index is 396. The predicted octanol–water partition coefficient (Wildman–Crippen LogP) is 0.498. The average Bonchev–Trinajstić information content (AvgIpc) is 2.74. The molecule has 17 heavy (non-hydrogen) atoms. The first kappa shape index (κ1) is 12.0. The van der Waals surface area contributed by atoms with Crippen LogP contribution < -0.4 is 10.6 Å². The lowest BCUT2D eigenvalue weighted by Gasteiger charge is -2.34. The molecule has 1 saturated heterocycles. The molecule has 1 aromatic heterocycles. The number of hydrogen-bond acceptors (Lipinski definition) is 5. The molecule has 1 aromatic rings. The van der Waals surface area contributed by atoms with Crippen molar-refractivity contribution < 1.29 is 9.32 Å². The highest BCUT2D eigenvalue weighted by Gasteiger charge is 2.27. The van der Waals surface area contributed by atoms with Gasteiger partial charge in [0, 0.05) is 20.0 Å². The van der Waals surface area contributed by atoms with Crippen molar-refractivity contribution in [3.8, 4) is 0 Å². The summed E-state index contributed by atoms with van der Waals surface area (Å²) in [5, 5.41) is 9.79. The molecule has 1 aliphatic heterocycles. The molecular formula is C11H18N4O2. The molecule has 0 aromatic carbocycles. The summed E-state index contributed by atoms with van der Waals surface area (Å²) < 4.78 is 4.77. The van der Waals surface area contributed by atoms with Gasteiger partial charge >= 0.3 is 0 Å². The zero-order valence-electron chi connectivity index (χ0n) is 10.2. The molecule has 1 amide bonds. The first-order valence-corrected chi connectivity index (χ1v) is 5.88. The Morgan fingerprint density at radius 3 is 3.06 bits per heavy atom. The highest BCUT2D eigenvalue weighted by atomic mass is 16.5. The highest BCUT2D eigenvalue weighted by molar-refractivity contribution is 5.90. The lowest BCUT2D eigenvalue weighted by atomic mass is 9.83. The van der Waals surface area contributed by atoms with E-state index in [2.05, 4.69) is 27.7 Å². The number of aryl methyl sites for hydroxylation is 1. The zero-order chi connectivity index (χ0) is 12.3. The predicted molar refractivity (Wildman–Crippen MR) is 61.6 cm³/mol. The number of nitrogens with one attached hydrogen (secondary N) is 2. The van der Waals surface area contributed by atoms with Crippen molar-refractivity contribution in [1.82, 2.24) is 20.8 Å². The van der Waals surface area contributed by atoms with Crippen LogP contribution in [0.4, 0.5) is 0 Å². The minimum atomic E-state index is -0.270. The van der Waals surface area contributed by atoms with Crippen LogP contribution in [-0.4, -0.2) is 35.7 Å². The second kappa shape index (κ2) is 4.83. The molecule has 1 atom stereocenters. The van der Waals surface area contributed by atoms with Crippen LogP contribution in [0.25, 0.3) is 0 Å². The fourth-order valence-corrected chi connectivity index (χ4v) is 2.03. The van der Waals surface area contributed by atoms with E-state index in [0.717, 1.165) is 25.9 Å². The summed E-state index contributed by atoms with van der Waals surface area (Å²) in [7, 11) is 0. The highest BCUT2D eigenvalue weighted by Crippen LogP contribution is 2.24. The quantitative estimate of drug-likeness (QED) is 0.801. The first-order valence-electron chi connectivity index (χ1n) is 5.88. The topological polar surface area (TPSA) is 80.0 Å². The summed E-state index contributed by atoms with van der Waals surface area (Å²) in [5.74, 6) is 0.240. The number of carbonyl (C=O) groups excluding carboxylic acids is 1. The Hall–Kier alpha value is -1.43. The van der Waals surface area contributed by atoms with Gasteiger partial charge in [-0.25, -0.2) is 0 Å². The minimum Gasteiger partial charge on any atom is -0.349 e. The normalized spacial score (nSPS) is 24.6. The molecule has 0 radical (unpaired) electrons. The molecule has 94 valence electrons. The van der Waals surface area contributed by atoms with Gasteiger partial charge in [-0.1, -0.05) is 12.1 Å². The second-order valence-corrected chi connectivity index (χ2v) is 4.91. The molecule has 0 aliphatic carbocycles. The van der Waals surface area contributed by atoms with Gasteiger partial charge in [0.05, 0.1) is 0 Å². The Balaban J connectivity index is 1.87. The lowest BCUT2D eigenvalue weighted by Crippen LogP contribution is -2.45. The van der Waals surface area contributed by atoms with E-state index in [9.17, 15) is 4.79 Å². The molecule has 2 rings (SSSR count). The van der Waals surface area contributed by atoms with E-state index in [1.807, 2.05) is 0 Å². The van der Waals surface area contributed by atoms with E-state index in [1.54, 1.807) is 6.92 Å². The minimum absolute atomic E-state index is 0.106. The maximum Gasteiger partial charge on any atom is 0.292 e. The Kier molecular flexibility index (Phi) is 3.42. The fraction of sp³-hybridized carbons (Fsp3) is 0.727. The molecule has 2 N–H and O–H groups in total. The van der Waals surface area contributed by atoms with Crippen LogP contribution in [0.3, 0.4) is 0 Å². The average molecular weight is 238 g/mol. The van der Waals surface area contributed by atoms with Gasteiger partial charge in [0.1, 0.15) is 0 Å². The number of hydrogen-bond donors (Lipinski definition) is 2. The van der Waals surface area contributed by atoms with Crippen LogP contribution in [-0.2, 0) is 0 Å². The van der Waals surface area contributed by atoms with Crippen molar-refractivity contribution in [2.45, 2.75) is 26.7 Å². The third-order valence-electron chi connectivity index (χ3n) is 3.09. The van der Waals surface area contributed by atoms with E-state index in [-0.39, 0.29) is 17.1 Å². The van der Waals surface area contributed by atoms with Gasteiger partial charge in [-0.15, -0.1) is 0 Å². The van der Waals surface area contributed by atoms with Gasteiger partial charge in [0.25, 0.3) is 11.7 Å². The summed E-state index contributed by atoms with van der Waals surface area (Å²) in [5.41, 5.74) is 0.118. The smallest absolute Gasteiger partial charge is 0.292 e.